The summed E-state index contributed by atoms with van der Waals surface area (Å²) >= 11 is 0. The third kappa shape index (κ3) is 6.14. The van der Waals surface area contributed by atoms with Crippen molar-refractivity contribution in [1.29, 1.82) is 0 Å². The van der Waals surface area contributed by atoms with Crippen LogP contribution in [-0.4, -0.2) is 19.8 Å². The SMILES string of the molecule is CCOP(=O)(OCC)OC/C=C\C1CCCCC1. The van der Waals surface area contributed by atoms with E-state index in [1.807, 2.05) is 6.08 Å². The molecule has 5 heteroatoms. The quantitative estimate of drug-likeness (QED) is 0.489. The highest BCUT2D eigenvalue weighted by Gasteiger charge is 2.24. The molecule has 0 N–H and O–H groups in total. The Kier molecular flexibility index (Phi) is 7.84. The van der Waals surface area contributed by atoms with Crippen LogP contribution in [-0.2, 0) is 18.1 Å². The van der Waals surface area contributed by atoms with E-state index >= 15 is 0 Å². The lowest BCUT2D eigenvalue weighted by molar-refractivity contribution is 0.131. The second-order valence-corrected chi connectivity index (χ2v) is 6.07. The lowest BCUT2D eigenvalue weighted by Crippen LogP contribution is -2.03. The first-order valence-corrected chi connectivity index (χ1v) is 8.36. The van der Waals surface area contributed by atoms with Crippen LogP contribution in [0.4, 0.5) is 0 Å². The Hall–Kier alpha value is -0.150. The van der Waals surface area contributed by atoms with Crippen molar-refractivity contribution in [3.8, 4) is 0 Å². The minimum atomic E-state index is -3.34. The van der Waals surface area contributed by atoms with Gasteiger partial charge in [-0.3, -0.25) is 13.6 Å². The van der Waals surface area contributed by atoms with Crippen LogP contribution in [0.15, 0.2) is 12.2 Å². The van der Waals surface area contributed by atoms with Crippen LogP contribution in [0.25, 0.3) is 0 Å². The van der Waals surface area contributed by atoms with Crippen molar-refractivity contribution in [2.24, 2.45) is 5.92 Å². The van der Waals surface area contributed by atoms with Gasteiger partial charge >= 0.3 is 7.82 Å². The molecule has 0 aromatic carbocycles. The highest BCUT2D eigenvalue weighted by molar-refractivity contribution is 7.48. The molecule has 0 unspecified atom stereocenters. The molecule has 0 radical (unpaired) electrons. The molecular weight excluding hydrogens is 251 g/mol. The topological polar surface area (TPSA) is 44.8 Å². The van der Waals surface area contributed by atoms with Gasteiger partial charge in [-0.2, -0.15) is 0 Å². The lowest BCUT2D eigenvalue weighted by atomic mass is 9.89. The van der Waals surface area contributed by atoms with Gasteiger partial charge in [-0.05, 0) is 32.6 Å². The zero-order valence-corrected chi connectivity index (χ0v) is 12.4. The van der Waals surface area contributed by atoms with E-state index < -0.39 is 7.82 Å². The minimum Gasteiger partial charge on any atom is -0.287 e. The molecule has 0 aromatic heterocycles. The van der Waals surface area contributed by atoms with E-state index in [-0.39, 0.29) is 6.61 Å². The van der Waals surface area contributed by atoms with E-state index in [1.54, 1.807) is 13.8 Å². The van der Waals surface area contributed by atoms with Gasteiger partial charge in [0.05, 0.1) is 19.8 Å². The average Bonchev–Trinajstić information content (AvgIpc) is 2.37. The lowest BCUT2D eigenvalue weighted by Gasteiger charge is -2.18. The summed E-state index contributed by atoms with van der Waals surface area (Å²) in [5.74, 6) is 0.654. The van der Waals surface area contributed by atoms with Gasteiger partial charge in [-0.15, -0.1) is 0 Å². The van der Waals surface area contributed by atoms with Gasteiger partial charge < -0.3 is 0 Å². The van der Waals surface area contributed by atoms with Gasteiger partial charge in [-0.1, -0.05) is 31.4 Å². The third-order valence-corrected chi connectivity index (χ3v) is 4.58. The molecule has 1 aliphatic carbocycles. The Morgan fingerprint density at radius 1 is 1.06 bits per heavy atom. The second-order valence-electron chi connectivity index (χ2n) is 4.40. The molecule has 0 aliphatic heterocycles. The summed E-state index contributed by atoms with van der Waals surface area (Å²) in [5, 5.41) is 0. The monoisotopic (exact) mass is 276 g/mol. The summed E-state index contributed by atoms with van der Waals surface area (Å²) in [5.41, 5.74) is 0. The Bertz CT molecular complexity index is 275. The van der Waals surface area contributed by atoms with Crippen LogP contribution in [0.5, 0.6) is 0 Å². The largest absolute Gasteiger partial charge is 0.475 e. The first-order chi connectivity index (χ1) is 8.70. The van der Waals surface area contributed by atoms with Crippen LogP contribution >= 0.6 is 7.82 Å². The van der Waals surface area contributed by atoms with Gasteiger partial charge in [-0.25, -0.2) is 4.57 Å². The third-order valence-electron chi connectivity index (χ3n) is 2.96. The first-order valence-electron chi connectivity index (χ1n) is 6.90. The van der Waals surface area contributed by atoms with Crippen LogP contribution in [0, 0.1) is 5.92 Å². The van der Waals surface area contributed by atoms with Gasteiger partial charge in [0.25, 0.3) is 0 Å². The van der Waals surface area contributed by atoms with Crippen molar-refractivity contribution in [2.45, 2.75) is 46.0 Å². The fourth-order valence-electron chi connectivity index (χ4n) is 2.14. The van der Waals surface area contributed by atoms with Crippen LogP contribution in [0.3, 0.4) is 0 Å². The first kappa shape index (κ1) is 15.9. The summed E-state index contributed by atoms with van der Waals surface area (Å²) in [6.45, 7) is 4.47. The highest BCUT2D eigenvalue weighted by atomic mass is 31.2. The Morgan fingerprint density at radius 3 is 2.22 bits per heavy atom. The maximum absolute atomic E-state index is 12.0. The van der Waals surface area contributed by atoms with Crippen molar-refractivity contribution in [2.75, 3.05) is 19.8 Å². The average molecular weight is 276 g/mol. The zero-order chi connectivity index (χ0) is 13.3. The predicted molar refractivity (Wildman–Crippen MR) is 72.5 cm³/mol. The molecule has 0 saturated heterocycles. The summed E-state index contributed by atoms with van der Waals surface area (Å²) in [7, 11) is -3.34. The van der Waals surface area contributed by atoms with E-state index in [0.29, 0.717) is 19.1 Å². The number of allylic oxidation sites excluding steroid dienone is 1. The standard InChI is InChI=1S/C13H25O4P/c1-3-15-18(14,16-4-2)17-12-8-11-13-9-6-5-7-10-13/h8,11,13H,3-7,9-10,12H2,1-2H3/b11-8-. The number of hydrogen-bond acceptors (Lipinski definition) is 4. The molecule has 4 nitrogen and oxygen atoms in total. The Balaban J connectivity index is 2.28. The van der Waals surface area contributed by atoms with E-state index in [9.17, 15) is 4.57 Å². The maximum Gasteiger partial charge on any atom is 0.475 e. The summed E-state index contributed by atoms with van der Waals surface area (Å²) < 4.78 is 27.3. The molecule has 1 saturated carbocycles. The number of hydrogen-bond donors (Lipinski definition) is 0. The Morgan fingerprint density at radius 2 is 1.67 bits per heavy atom. The molecule has 18 heavy (non-hydrogen) atoms. The fraction of sp³-hybridized carbons (Fsp3) is 0.846. The molecule has 1 fully saturated rings. The van der Waals surface area contributed by atoms with E-state index in [1.165, 1.54) is 32.1 Å². The van der Waals surface area contributed by atoms with Crippen molar-refractivity contribution in [1.82, 2.24) is 0 Å². The smallest absolute Gasteiger partial charge is 0.287 e. The molecule has 0 spiro atoms. The molecule has 0 heterocycles. The molecular formula is C13H25O4P. The Labute approximate surface area is 110 Å². The van der Waals surface area contributed by atoms with Gasteiger partial charge in [0.2, 0.25) is 0 Å². The van der Waals surface area contributed by atoms with Gasteiger partial charge in [0.15, 0.2) is 0 Å². The van der Waals surface area contributed by atoms with Crippen LogP contribution < -0.4 is 0 Å². The molecule has 1 rings (SSSR count). The van der Waals surface area contributed by atoms with Crippen molar-refractivity contribution >= 4 is 7.82 Å². The van der Waals surface area contributed by atoms with Crippen molar-refractivity contribution < 1.29 is 18.1 Å². The number of rotatable bonds is 8. The van der Waals surface area contributed by atoms with Crippen LogP contribution in [0.2, 0.25) is 0 Å². The van der Waals surface area contributed by atoms with E-state index in [4.69, 9.17) is 13.6 Å². The summed E-state index contributed by atoms with van der Waals surface area (Å²) in [6.07, 6.45) is 10.6. The summed E-state index contributed by atoms with van der Waals surface area (Å²) in [4.78, 5) is 0. The van der Waals surface area contributed by atoms with Gasteiger partial charge in [0, 0.05) is 0 Å². The van der Waals surface area contributed by atoms with Crippen molar-refractivity contribution in [3.63, 3.8) is 0 Å². The van der Waals surface area contributed by atoms with Gasteiger partial charge in [0.1, 0.15) is 0 Å². The van der Waals surface area contributed by atoms with E-state index in [0.717, 1.165) is 0 Å². The molecule has 0 aromatic rings. The summed E-state index contributed by atoms with van der Waals surface area (Å²) in [6, 6.07) is 0. The fourth-order valence-corrected chi connectivity index (χ4v) is 3.26. The molecule has 0 amide bonds. The van der Waals surface area contributed by atoms with Crippen molar-refractivity contribution in [3.05, 3.63) is 12.2 Å². The maximum atomic E-state index is 12.0. The number of phosphoric ester groups is 1. The number of phosphoric acid groups is 1. The zero-order valence-electron chi connectivity index (χ0n) is 11.5. The predicted octanol–water partition coefficient (Wildman–Crippen LogP) is 4.32. The van der Waals surface area contributed by atoms with E-state index in [2.05, 4.69) is 6.08 Å². The minimum absolute atomic E-state index is 0.285. The molecule has 0 atom stereocenters. The normalized spacial score (nSPS) is 18.6. The molecule has 1 aliphatic rings. The van der Waals surface area contributed by atoms with Crippen LogP contribution in [0.1, 0.15) is 46.0 Å². The second kappa shape index (κ2) is 8.87. The highest BCUT2D eigenvalue weighted by Crippen LogP contribution is 2.49. The molecule has 106 valence electrons. The molecule has 0 bridgehead atoms.